The SMILES string of the molecule is CC(C)N(CCNC(=O)c1cc2c3ccccc3[nH]c2c2c1[nH]c1ccccc12)C(C)C. The number of rotatable bonds is 6. The maximum Gasteiger partial charge on any atom is 0.253 e. The summed E-state index contributed by atoms with van der Waals surface area (Å²) in [6.07, 6.45) is 0. The molecule has 1 amide bonds. The van der Waals surface area contributed by atoms with Crippen molar-refractivity contribution in [3.63, 3.8) is 0 Å². The lowest BCUT2D eigenvalue weighted by molar-refractivity contribution is 0.0941. The van der Waals surface area contributed by atoms with E-state index in [1.54, 1.807) is 0 Å². The fourth-order valence-electron chi connectivity index (χ4n) is 5.02. The molecular weight excluding hydrogens is 396 g/mol. The molecule has 2 aromatic heterocycles. The average molecular weight is 427 g/mol. The van der Waals surface area contributed by atoms with E-state index in [2.05, 4.69) is 72.1 Å². The average Bonchev–Trinajstić information content (AvgIpc) is 3.33. The second-order valence-electron chi connectivity index (χ2n) is 9.12. The zero-order valence-electron chi connectivity index (χ0n) is 19.1. The van der Waals surface area contributed by atoms with Crippen LogP contribution in [-0.4, -0.2) is 45.9 Å². The van der Waals surface area contributed by atoms with Gasteiger partial charge in [-0.15, -0.1) is 0 Å². The van der Waals surface area contributed by atoms with Crippen LogP contribution in [0.1, 0.15) is 38.1 Å². The Hall–Kier alpha value is -3.31. The summed E-state index contributed by atoms with van der Waals surface area (Å²) in [4.78, 5) is 22.9. The number of carbonyl (C=O) groups excluding carboxylic acids is 1. The Bertz CT molecular complexity index is 1430. The van der Waals surface area contributed by atoms with Crippen molar-refractivity contribution in [2.24, 2.45) is 0 Å². The predicted octanol–water partition coefficient (Wildman–Crippen LogP) is 5.80. The van der Waals surface area contributed by atoms with Crippen LogP contribution in [0.4, 0.5) is 0 Å². The molecule has 0 fully saturated rings. The molecule has 0 saturated heterocycles. The van der Waals surface area contributed by atoms with Gasteiger partial charge in [-0.2, -0.15) is 0 Å². The summed E-state index contributed by atoms with van der Waals surface area (Å²) < 4.78 is 0. The van der Waals surface area contributed by atoms with Gasteiger partial charge in [-0.05, 0) is 45.9 Å². The lowest BCUT2D eigenvalue weighted by Crippen LogP contribution is -2.42. The van der Waals surface area contributed by atoms with Crippen LogP contribution in [0, 0.1) is 0 Å². The van der Waals surface area contributed by atoms with Gasteiger partial charge in [-0.1, -0.05) is 36.4 Å². The summed E-state index contributed by atoms with van der Waals surface area (Å²) in [6.45, 7) is 10.2. The fraction of sp³-hybridized carbons (Fsp3) is 0.296. The number of nitrogens with zero attached hydrogens (tertiary/aromatic N) is 1. The molecule has 0 atom stereocenters. The standard InChI is InChI=1S/C27H30N4O/c1-16(2)31(17(3)4)14-13-28-27(32)21-15-20-18-9-5-7-11-22(18)29-25(20)24-19-10-6-8-12-23(19)30-26(21)24/h5-12,15-17,29-30H,13-14H2,1-4H3,(H,28,32). The molecule has 164 valence electrons. The van der Waals surface area contributed by atoms with Crippen molar-refractivity contribution in [2.75, 3.05) is 13.1 Å². The van der Waals surface area contributed by atoms with Crippen LogP contribution in [0.25, 0.3) is 43.6 Å². The van der Waals surface area contributed by atoms with E-state index in [4.69, 9.17) is 0 Å². The first-order valence-electron chi connectivity index (χ1n) is 11.4. The molecule has 0 aliphatic heterocycles. The summed E-state index contributed by atoms with van der Waals surface area (Å²) in [5, 5.41) is 7.58. The van der Waals surface area contributed by atoms with E-state index >= 15 is 0 Å². The molecule has 0 spiro atoms. The maximum absolute atomic E-state index is 13.4. The minimum atomic E-state index is -0.0406. The number of fused-ring (bicyclic) bond motifs is 7. The van der Waals surface area contributed by atoms with Crippen molar-refractivity contribution in [3.05, 3.63) is 60.2 Å². The molecule has 5 heteroatoms. The molecule has 0 radical (unpaired) electrons. The first-order chi connectivity index (χ1) is 15.5. The molecular formula is C27H30N4O. The Balaban J connectivity index is 1.62. The van der Waals surface area contributed by atoms with Crippen LogP contribution in [-0.2, 0) is 0 Å². The number of benzene rings is 3. The van der Waals surface area contributed by atoms with Crippen LogP contribution in [0.2, 0.25) is 0 Å². The van der Waals surface area contributed by atoms with E-state index in [9.17, 15) is 4.79 Å². The van der Waals surface area contributed by atoms with E-state index in [0.717, 1.165) is 50.2 Å². The molecule has 32 heavy (non-hydrogen) atoms. The second-order valence-corrected chi connectivity index (χ2v) is 9.12. The van der Waals surface area contributed by atoms with Gasteiger partial charge in [-0.25, -0.2) is 0 Å². The zero-order valence-corrected chi connectivity index (χ0v) is 19.1. The van der Waals surface area contributed by atoms with Crippen molar-refractivity contribution in [2.45, 2.75) is 39.8 Å². The van der Waals surface area contributed by atoms with E-state index in [1.807, 2.05) is 30.3 Å². The minimum absolute atomic E-state index is 0.0406. The van der Waals surface area contributed by atoms with Crippen molar-refractivity contribution < 1.29 is 4.79 Å². The van der Waals surface area contributed by atoms with Crippen LogP contribution in [0.3, 0.4) is 0 Å². The predicted molar refractivity (Wildman–Crippen MR) is 134 cm³/mol. The highest BCUT2D eigenvalue weighted by Gasteiger charge is 2.20. The van der Waals surface area contributed by atoms with Crippen LogP contribution >= 0.6 is 0 Å². The summed E-state index contributed by atoms with van der Waals surface area (Å²) in [6, 6.07) is 19.4. The number of carbonyl (C=O) groups is 1. The third-order valence-electron chi connectivity index (χ3n) is 6.49. The molecule has 0 unspecified atom stereocenters. The maximum atomic E-state index is 13.4. The van der Waals surface area contributed by atoms with Crippen LogP contribution < -0.4 is 5.32 Å². The van der Waals surface area contributed by atoms with E-state index in [-0.39, 0.29) is 5.91 Å². The second kappa shape index (κ2) is 7.99. The number of amides is 1. The highest BCUT2D eigenvalue weighted by atomic mass is 16.1. The number of H-pyrrole nitrogens is 2. The van der Waals surface area contributed by atoms with Crippen LogP contribution in [0.15, 0.2) is 54.6 Å². The number of nitrogens with one attached hydrogen (secondary N) is 3. The first-order valence-corrected chi connectivity index (χ1v) is 11.4. The molecule has 2 heterocycles. The molecule has 0 bridgehead atoms. The summed E-state index contributed by atoms with van der Waals surface area (Å²) in [5.41, 5.74) is 4.76. The van der Waals surface area contributed by atoms with Crippen molar-refractivity contribution in [1.29, 1.82) is 0 Å². The minimum Gasteiger partial charge on any atom is -0.354 e. The number of aromatic nitrogens is 2. The quantitative estimate of drug-likeness (QED) is 0.321. The highest BCUT2D eigenvalue weighted by molar-refractivity contribution is 6.28. The largest absolute Gasteiger partial charge is 0.354 e. The van der Waals surface area contributed by atoms with E-state index in [0.29, 0.717) is 24.2 Å². The number of hydrogen-bond acceptors (Lipinski definition) is 2. The number of para-hydroxylation sites is 2. The topological polar surface area (TPSA) is 63.9 Å². The molecule has 0 aliphatic rings. The Labute approximate surface area is 187 Å². The number of aromatic amines is 2. The monoisotopic (exact) mass is 426 g/mol. The Morgan fingerprint density at radius 3 is 2.12 bits per heavy atom. The van der Waals surface area contributed by atoms with E-state index in [1.165, 1.54) is 0 Å². The Morgan fingerprint density at radius 2 is 1.44 bits per heavy atom. The summed E-state index contributed by atoms with van der Waals surface area (Å²) in [5.74, 6) is -0.0406. The Kier molecular flexibility index (Phi) is 5.14. The fourth-order valence-corrected chi connectivity index (χ4v) is 5.02. The van der Waals surface area contributed by atoms with Crippen LogP contribution in [0.5, 0.6) is 0 Å². The summed E-state index contributed by atoms with van der Waals surface area (Å²) >= 11 is 0. The van der Waals surface area contributed by atoms with Gasteiger partial charge in [0.15, 0.2) is 0 Å². The molecule has 0 aliphatic carbocycles. The van der Waals surface area contributed by atoms with Crippen molar-refractivity contribution in [3.8, 4) is 0 Å². The molecule has 3 N–H and O–H groups in total. The van der Waals surface area contributed by atoms with Gasteiger partial charge >= 0.3 is 0 Å². The molecule has 3 aromatic carbocycles. The van der Waals surface area contributed by atoms with Gasteiger partial charge in [0.1, 0.15) is 0 Å². The Morgan fingerprint density at radius 1 is 0.844 bits per heavy atom. The van der Waals surface area contributed by atoms with Crippen molar-refractivity contribution >= 4 is 49.5 Å². The van der Waals surface area contributed by atoms with Gasteiger partial charge in [-0.3, -0.25) is 9.69 Å². The van der Waals surface area contributed by atoms with Gasteiger partial charge < -0.3 is 15.3 Å². The van der Waals surface area contributed by atoms with Gasteiger partial charge in [0.2, 0.25) is 0 Å². The number of hydrogen-bond donors (Lipinski definition) is 3. The first kappa shape index (κ1) is 20.6. The zero-order chi connectivity index (χ0) is 22.4. The molecule has 5 nitrogen and oxygen atoms in total. The summed E-state index contributed by atoms with van der Waals surface area (Å²) in [7, 11) is 0. The lowest BCUT2D eigenvalue weighted by atomic mass is 10.0. The molecule has 5 rings (SSSR count). The lowest BCUT2D eigenvalue weighted by Gasteiger charge is -2.30. The normalized spacial score (nSPS) is 12.3. The smallest absolute Gasteiger partial charge is 0.253 e. The van der Waals surface area contributed by atoms with Crippen molar-refractivity contribution in [1.82, 2.24) is 20.2 Å². The van der Waals surface area contributed by atoms with Gasteiger partial charge in [0, 0.05) is 57.8 Å². The highest BCUT2D eigenvalue weighted by Crippen LogP contribution is 2.37. The van der Waals surface area contributed by atoms with Gasteiger partial charge in [0.05, 0.1) is 16.6 Å². The van der Waals surface area contributed by atoms with Gasteiger partial charge in [0.25, 0.3) is 5.91 Å². The molecule has 5 aromatic rings. The third-order valence-corrected chi connectivity index (χ3v) is 6.49. The van der Waals surface area contributed by atoms with E-state index < -0.39 is 0 Å². The molecule has 0 saturated carbocycles. The third kappa shape index (κ3) is 3.33.